The van der Waals surface area contributed by atoms with Gasteiger partial charge in [-0.25, -0.2) is 4.79 Å². The second kappa shape index (κ2) is 6.99. The summed E-state index contributed by atoms with van der Waals surface area (Å²) in [5.74, 6) is -2.41. The van der Waals surface area contributed by atoms with E-state index in [1.807, 2.05) is 19.1 Å². The van der Waals surface area contributed by atoms with Crippen molar-refractivity contribution in [1.82, 2.24) is 10.2 Å². The van der Waals surface area contributed by atoms with Crippen LogP contribution in [0.15, 0.2) is 35.5 Å². The zero-order valence-corrected chi connectivity index (χ0v) is 14.5. The van der Waals surface area contributed by atoms with Gasteiger partial charge in [-0.3, -0.25) is 14.4 Å². The highest BCUT2D eigenvalue weighted by atomic mass is 16.5. The van der Waals surface area contributed by atoms with Gasteiger partial charge in [-0.2, -0.15) is 0 Å². The molecule has 0 aliphatic carbocycles. The van der Waals surface area contributed by atoms with Crippen molar-refractivity contribution < 1.29 is 23.9 Å². The first kappa shape index (κ1) is 17.7. The second-order valence-electron chi connectivity index (χ2n) is 6.11. The molecule has 2 N–H and O–H groups in total. The molecule has 0 saturated carbocycles. The number of nitrogens with one attached hydrogen (secondary N) is 2. The van der Waals surface area contributed by atoms with Crippen molar-refractivity contribution in [2.45, 2.75) is 19.4 Å². The number of carbonyl (C=O) groups excluding carboxylic acids is 4. The molecular formula is C18H19N3O5. The topological polar surface area (TPSA) is 105 Å². The highest BCUT2D eigenvalue weighted by Gasteiger charge is 2.44. The SMILES string of the molecule is COC(=O)C1=C2C(=O)NCCN2C(C(=O)Nc2ccccc2C)CC1=O. The van der Waals surface area contributed by atoms with Crippen molar-refractivity contribution in [3.63, 3.8) is 0 Å². The molecule has 1 atom stereocenters. The summed E-state index contributed by atoms with van der Waals surface area (Å²) >= 11 is 0. The first-order chi connectivity index (χ1) is 12.4. The highest BCUT2D eigenvalue weighted by Crippen LogP contribution is 2.28. The van der Waals surface area contributed by atoms with E-state index in [0.717, 1.165) is 12.7 Å². The molecule has 2 heterocycles. The quantitative estimate of drug-likeness (QED) is 0.589. The lowest BCUT2D eigenvalue weighted by molar-refractivity contribution is -0.141. The van der Waals surface area contributed by atoms with Gasteiger partial charge < -0.3 is 20.3 Å². The monoisotopic (exact) mass is 357 g/mol. The summed E-state index contributed by atoms with van der Waals surface area (Å²) in [7, 11) is 1.14. The van der Waals surface area contributed by atoms with Crippen molar-refractivity contribution >= 4 is 29.3 Å². The summed E-state index contributed by atoms with van der Waals surface area (Å²) in [4.78, 5) is 51.1. The Hall–Kier alpha value is -3.16. The first-order valence-electron chi connectivity index (χ1n) is 8.21. The van der Waals surface area contributed by atoms with E-state index >= 15 is 0 Å². The number of ketones is 1. The van der Waals surface area contributed by atoms with Crippen molar-refractivity contribution in [3.8, 4) is 0 Å². The van der Waals surface area contributed by atoms with Crippen LogP contribution in [0, 0.1) is 6.92 Å². The maximum Gasteiger partial charge on any atom is 0.343 e. The number of fused-ring (bicyclic) bond motifs is 1. The van der Waals surface area contributed by atoms with Gasteiger partial charge in [0.2, 0.25) is 5.91 Å². The third-order valence-corrected chi connectivity index (χ3v) is 4.51. The van der Waals surface area contributed by atoms with Crippen LogP contribution in [0.3, 0.4) is 0 Å². The molecule has 0 bridgehead atoms. The fourth-order valence-corrected chi connectivity index (χ4v) is 3.18. The molecule has 0 radical (unpaired) electrons. The van der Waals surface area contributed by atoms with Gasteiger partial charge in [-0.05, 0) is 18.6 Å². The van der Waals surface area contributed by atoms with Gasteiger partial charge in [0.1, 0.15) is 17.3 Å². The number of para-hydroxylation sites is 1. The number of methoxy groups -OCH3 is 1. The number of aryl methyl sites for hydroxylation is 1. The van der Waals surface area contributed by atoms with E-state index in [9.17, 15) is 19.2 Å². The number of amides is 2. The Morgan fingerprint density at radius 3 is 2.69 bits per heavy atom. The molecular weight excluding hydrogens is 338 g/mol. The van der Waals surface area contributed by atoms with Crippen LogP contribution in [-0.2, 0) is 23.9 Å². The molecule has 2 aliphatic rings. The smallest absolute Gasteiger partial charge is 0.343 e. The number of anilines is 1. The van der Waals surface area contributed by atoms with Crippen LogP contribution in [-0.4, -0.2) is 54.7 Å². The van der Waals surface area contributed by atoms with Crippen LogP contribution in [0.4, 0.5) is 5.69 Å². The van der Waals surface area contributed by atoms with Crippen LogP contribution in [0.2, 0.25) is 0 Å². The molecule has 2 amide bonds. The number of Topliss-reactive ketones (excluding diaryl/α,β-unsaturated/α-hetero) is 1. The average Bonchev–Trinajstić information content (AvgIpc) is 2.63. The number of hydrogen-bond acceptors (Lipinski definition) is 6. The predicted molar refractivity (Wildman–Crippen MR) is 92.0 cm³/mol. The van der Waals surface area contributed by atoms with E-state index in [0.29, 0.717) is 18.8 Å². The molecule has 136 valence electrons. The van der Waals surface area contributed by atoms with Gasteiger partial charge in [0.15, 0.2) is 5.78 Å². The lowest BCUT2D eigenvalue weighted by Crippen LogP contribution is -2.57. The fourth-order valence-electron chi connectivity index (χ4n) is 3.18. The molecule has 2 aliphatic heterocycles. The predicted octanol–water partition coefficient (Wildman–Crippen LogP) is 0.134. The number of benzene rings is 1. The minimum absolute atomic E-state index is 0.0933. The van der Waals surface area contributed by atoms with E-state index in [1.54, 1.807) is 12.1 Å². The molecule has 0 aromatic heterocycles. The van der Waals surface area contributed by atoms with E-state index in [-0.39, 0.29) is 17.7 Å². The Kier molecular flexibility index (Phi) is 4.75. The minimum Gasteiger partial charge on any atom is -0.465 e. The number of piperazine rings is 1. The molecule has 1 saturated heterocycles. The van der Waals surface area contributed by atoms with Gasteiger partial charge in [-0.15, -0.1) is 0 Å². The van der Waals surface area contributed by atoms with Crippen molar-refractivity contribution in [1.29, 1.82) is 0 Å². The second-order valence-corrected chi connectivity index (χ2v) is 6.11. The molecule has 1 aromatic rings. The Morgan fingerprint density at radius 2 is 2.00 bits per heavy atom. The summed E-state index contributed by atoms with van der Waals surface area (Å²) < 4.78 is 4.64. The van der Waals surface area contributed by atoms with Crippen LogP contribution in [0.5, 0.6) is 0 Å². The van der Waals surface area contributed by atoms with Crippen LogP contribution < -0.4 is 10.6 Å². The van der Waals surface area contributed by atoms with Crippen molar-refractivity contribution in [2.24, 2.45) is 0 Å². The van der Waals surface area contributed by atoms with E-state index in [4.69, 9.17) is 0 Å². The lowest BCUT2D eigenvalue weighted by atomic mass is 9.92. The summed E-state index contributed by atoms with van der Waals surface area (Å²) in [5, 5.41) is 5.40. The van der Waals surface area contributed by atoms with Crippen LogP contribution in [0.1, 0.15) is 12.0 Å². The number of rotatable bonds is 3. The van der Waals surface area contributed by atoms with E-state index in [1.165, 1.54) is 4.90 Å². The standard InChI is InChI=1S/C18H19N3O5/c1-10-5-3-4-6-11(10)20-16(23)12-9-13(22)14(18(25)26-2)15-17(24)19-7-8-21(12)15/h3-6,12H,7-9H2,1-2H3,(H,19,24)(H,20,23). The number of hydrogen-bond donors (Lipinski definition) is 2. The van der Waals surface area contributed by atoms with Crippen LogP contribution >= 0.6 is 0 Å². The molecule has 8 nitrogen and oxygen atoms in total. The number of nitrogens with zero attached hydrogens (tertiary/aromatic N) is 1. The summed E-state index contributed by atoms with van der Waals surface area (Å²) in [5.41, 5.74) is 1.12. The molecule has 1 fully saturated rings. The molecule has 8 heteroatoms. The number of ether oxygens (including phenoxy) is 1. The minimum atomic E-state index is -0.871. The van der Waals surface area contributed by atoms with Gasteiger partial charge in [0, 0.05) is 25.2 Å². The van der Waals surface area contributed by atoms with Gasteiger partial charge >= 0.3 is 5.97 Å². The Bertz CT molecular complexity index is 830. The summed E-state index contributed by atoms with van der Waals surface area (Å²) in [6, 6.07) is 6.40. The summed E-state index contributed by atoms with van der Waals surface area (Å²) in [6.45, 7) is 2.50. The van der Waals surface area contributed by atoms with Gasteiger partial charge in [0.05, 0.1) is 7.11 Å². The molecule has 1 unspecified atom stereocenters. The van der Waals surface area contributed by atoms with Crippen molar-refractivity contribution in [3.05, 3.63) is 41.1 Å². The fraction of sp³-hybridized carbons (Fsp3) is 0.333. The molecule has 0 spiro atoms. The van der Waals surface area contributed by atoms with Crippen molar-refractivity contribution in [2.75, 3.05) is 25.5 Å². The Labute approximate surface area is 150 Å². The number of carbonyl (C=O) groups is 4. The molecule has 3 rings (SSSR count). The zero-order chi connectivity index (χ0) is 18.8. The maximum absolute atomic E-state index is 12.8. The molecule has 1 aromatic carbocycles. The van der Waals surface area contributed by atoms with Gasteiger partial charge in [0.25, 0.3) is 5.91 Å². The Balaban J connectivity index is 1.95. The third kappa shape index (κ3) is 3.05. The number of esters is 1. The largest absolute Gasteiger partial charge is 0.465 e. The summed E-state index contributed by atoms with van der Waals surface area (Å²) in [6.07, 6.45) is -0.196. The first-order valence-corrected chi connectivity index (χ1v) is 8.21. The average molecular weight is 357 g/mol. The highest BCUT2D eigenvalue weighted by molar-refractivity contribution is 6.24. The molecule has 26 heavy (non-hydrogen) atoms. The lowest BCUT2D eigenvalue weighted by Gasteiger charge is -2.40. The third-order valence-electron chi connectivity index (χ3n) is 4.51. The maximum atomic E-state index is 12.8. The zero-order valence-electron chi connectivity index (χ0n) is 14.5. The van der Waals surface area contributed by atoms with E-state index in [2.05, 4.69) is 15.4 Å². The Morgan fingerprint density at radius 1 is 1.27 bits per heavy atom. The van der Waals surface area contributed by atoms with Crippen LogP contribution in [0.25, 0.3) is 0 Å². The van der Waals surface area contributed by atoms with E-state index < -0.39 is 29.6 Å². The normalized spacial score (nSPS) is 19.6. The van der Waals surface area contributed by atoms with Gasteiger partial charge in [-0.1, -0.05) is 18.2 Å².